The topological polar surface area (TPSA) is 12.0 Å². The van der Waals surface area contributed by atoms with E-state index in [0.717, 1.165) is 6.54 Å². The van der Waals surface area contributed by atoms with Crippen LogP contribution in [0.2, 0.25) is 0 Å². The van der Waals surface area contributed by atoms with Gasteiger partial charge in [-0.2, -0.15) is 0 Å². The van der Waals surface area contributed by atoms with Crippen molar-refractivity contribution < 1.29 is 0 Å². The minimum absolute atomic E-state index is 1.04. The number of allylic oxidation sites excluding steroid dienone is 1. The Morgan fingerprint density at radius 1 is 0.824 bits per heavy atom. The van der Waals surface area contributed by atoms with Crippen molar-refractivity contribution in [3.63, 3.8) is 0 Å². The van der Waals surface area contributed by atoms with Crippen LogP contribution < -0.4 is 5.32 Å². The van der Waals surface area contributed by atoms with Crippen molar-refractivity contribution in [1.29, 1.82) is 0 Å². The van der Waals surface area contributed by atoms with Crippen LogP contribution in [0.5, 0.6) is 0 Å². The molecule has 0 heterocycles. The molecule has 0 saturated heterocycles. The molecule has 0 fully saturated rings. The van der Waals surface area contributed by atoms with Crippen LogP contribution in [0.25, 0.3) is 0 Å². The van der Waals surface area contributed by atoms with Gasteiger partial charge in [0.2, 0.25) is 0 Å². The van der Waals surface area contributed by atoms with Gasteiger partial charge in [-0.3, -0.25) is 0 Å². The summed E-state index contributed by atoms with van der Waals surface area (Å²) in [5.74, 6) is 0. The third-order valence-electron chi connectivity index (χ3n) is 3.11. The van der Waals surface area contributed by atoms with E-state index in [1.54, 1.807) is 0 Å². The van der Waals surface area contributed by atoms with Crippen molar-refractivity contribution in [2.45, 2.75) is 78.6 Å². The molecule has 0 aliphatic carbocycles. The Labute approximate surface area is 109 Å². The largest absolute Gasteiger partial charge is 0.313 e. The van der Waals surface area contributed by atoms with Crippen LogP contribution in [0.15, 0.2) is 11.6 Å². The van der Waals surface area contributed by atoms with E-state index in [4.69, 9.17) is 0 Å². The average molecular weight is 239 g/mol. The zero-order chi connectivity index (χ0) is 12.8. The Morgan fingerprint density at radius 3 is 1.88 bits per heavy atom. The smallest absolute Gasteiger partial charge is 0.0137 e. The molecule has 0 aliphatic rings. The van der Waals surface area contributed by atoms with E-state index >= 15 is 0 Å². The second kappa shape index (κ2) is 13.8. The van der Waals surface area contributed by atoms with Crippen molar-refractivity contribution >= 4 is 0 Å². The molecule has 0 unspecified atom stereocenters. The Kier molecular flexibility index (Phi) is 13.5. The molecule has 0 rings (SSSR count). The molecule has 102 valence electrons. The Hall–Kier alpha value is -0.300. The van der Waals surface area contributed by atoms with Crippen molar-refractivity contribution in [2.24, 2.45) is 0 Å². The Bertz CT molecular complexity index is 168. The lowest BCUT2D eigenvalue weighted by atomic mass is 10.1. The number of unbranched alkanes of at least 4 members (excludes halogenated alkanes) is 8. The Morgan fingerprint density at radius 2 is 1.35 bits per heavy atom. The van der Waals surface area contributed by atoms with E-state index in [-0.39, 0.29) is 0 Å². The van der Waals surface area contributed by atoms with Crippen LogP contribution >= 0.6 is 0 Å². The molecule has 0 aromatic rings. The van der Waals surface area contributed by atoms with Crippen LogP contribution in [0, 0.1) is 0 Å². The molecule has 1 heteroatoms. The van der Waals surface area contributed by atoms with Crippen LogP contribution in [-0.4, -0.2) is 13.1 Å². The molecule has 0 saturated carbocycles. The number of hydrogen-bond donors (Lipinski definition) is 1. The normalized spacial score (nSPS) is 10.5. The van der Waals surface area contributed by atoms with E-state index in [1.165, 1.54) is 69.9 Å². The fourth-order valence-corrected chi connectivity index (χ4v) is 1.94. The summed E-state index contributed by atoms with van der Waals surface area (Å²) in [5.41, 5.74) is 1.41. The summed E-state index contributed by atoms with van der Waals surface area (Å²) in [6, 6.07) is 0. The predicted octanol–water partition coefficient (Wildman–Crippen LogP) is 5.07. The highest BCUT2D eigenvalue weighted by Gasteiger charge is 1.91. The van der Waals surface area contributed by atoms with Crippen molar-refractivity contribution in [2.75, 3.05) is 13.1 Å². The highest BCUT2D eigenvalue weighted by atomic mass is 14.8. The highest BCUT2D eigenvalue weighted by Crippen LogP contribution is 2.09. The molecule has 0 aliphatic heterocycles. The lowest BCUT2D eigenvalue weighted by molar-refractivity contribution is 0.555. The van der Waals surface area contributed by atoms with Crippen LogP contribution in [0.3, 0.4) is 0 Å². The van der Waals surface area contributed by atoms with Gasteiger partial charge in [0, 0.05) is 6.54 Å². The van der Waals surface area contributed by atoms with E-state index in [1.807, 2.05) is 0 Å². The minimum atomic E-state index is 1.04. The molecule has 0 atom stereocenters. The summed E-state index contributed by atoms with van der Waals surface area (Å²) >= 11 is 0. The fourth-order valence-electron chi connectivity index (χ4n) is 1.94. The molecule has 1 nitrogen and oxygen atoms in total. The van der Waals surface area contributed by atoms with Gasteiger partial charge in [0.1, 0.15) is 0 Å². The molecule has 0 radical (unpaired) electrons. The summed E-state index contributed by atoms with van der Waals surface area (Å²) < 4.78 is 0. The Balaban J connectivity index is 2.96. The predicted molar refractivity (Wildman–Crippen MR) is 79.5 cm³/mol. The van der Waals surface area contributed by atoms with Crippen molar-refractivity contribution in [3.05, 3.63) is 11.6 Å². The fraction of sp³-hybridized carbons (Fsp3) is 0.875. The monoisotopic (exact) mass is 239 g/mol. The van der Waals surface area contributed by atoms with Gasteiger partial charge in [0.25, 0.3) is 0 Å². The van der Waals surface area contributed by atoms with Crippen LogP contribution in [0.1, 0.15) is 78.6 Å². The summed E-state index contributed by atoms with van der Waals surface area (Å²) in [7, 11) is 0. The first-order valence-electron chi connectivity index (χ1n) is 7.61. The molecule has 0 aromatic heterocycles. The maximum absolute atomic E-state index is 3.46. The van der Waals surface area contributed by atoms with E-state index in [0.29, 0.717) is 0 Å². The van der Waals surface area contributed by atoms with Gasteiger partial charge in [-0.1, -0.05) is 69.9 Å². The van der Waals surface area contributed by atoms with Gasteiger partial charge in [-0.25, -0.2) is 0 Å². The van der Waals surface area contributed by atoms with Crippen molar-refractivity contribution in [3.8, 4) is 0 Å². The molecule has 0 bridgehead atoms. The van der Waals surface area contributed by atoms with Gasteiger partial charge in [-0.05, 0) is 26.8 Å². The highest BCUT2D eigenvalue weighted by molar-refractivity contribution is 4.94. The van der Waals surface area contributed by atoms with Gasteiger partial charge >= 0.3 is 0 Å². The second-order valence-corrected chi connectivity index (χ2v) is 5.31. The first-order chi connectivity index (χ1) is 8.27. The second-order valence-electron chi connectivity index (χ2n) is 5.31. The quantitative estimate of drug-likeness (QED) is 0.370. The SMILES string of the molecule is CCCCCCCCCCCNCC=C(C)C. The van der Waals surface area contributed by atoms with E-state index in [9.17, 15) is 0 Å². The third kappa shape index (κ3) is 15.7. The zero-order valence-corrected chi connectivity index (χ0v) is 12.4. The maximum atomic E-state index is 3.46. The van der Waals surface area contributed by atoms with Crippen LogP contribution in [0.4, 0.5) is 0 Å². The standard InChI is InChI=1S/C16H33N/c1-4-5-6-7-8-9-10-11-12-14-17-15-13-16(2)3/h13,17H,4-12,14-15H2,1-3H3. The van der Waals surface area contributed by atoms with E-state index < -0.39 is 0 Å². The molecule has 0 spiro atoms. The van der Waals surface area contributed by atoms with Gasteiger partial charge in [0.05, 0.1) is 0 Å². The molecule has 17 heavy (non-hydrogen) atoms. The zero-order valence-electron chi connectivity index (χ0n) is 12.4. The summed E-state index contributed by atoms with van der Waals surface area (Å²) in [5, 5.41) is 3.46. The summed E-state index contributed by atoms with van der Waals surface area (Å²) in [4.78, 5) is 0. The first-order valence-corrected chi connectivity index (χ1v) is 7.61. The molecule has 0 aromatic carbocycles. The third-order valence-corrected chi connectivity index (χ3v) is 3.11. The molecule has 0 amide bonds. The average Bonchev–Trinajstić information content (AvgIpc) is 2.30. The molecular formula is C16H33N. The number of rotatable bonds is 12. The molecular weight excluding hydrogens is 206 g/mol. The van der Waals surface area contributed by atoms with Crippen molar-refractivity contribution in [1.82, 2.24) is 5.32 Å². The lowest BCUT2D eigenvalue weighted by Crippen LogP contribution is -2.15. The van der Waals surface area contributed by atoms with Gasteiger partial charge in [0.15, 0.2) is 0 Å². The summed E-state index contributed by atoms with van der Waals surface area (Å²) in [6.07, 6.45) is 15.0. The molecule has 1 N–H and O–H groups in total. The van der Waals surface area contributed by atoms with E-state index in [2.05, 4.69) is 32.2 Å². The minimum Gasteiger partial charge on any atom is -0.313 e. The lowest BCUT2D eigenvalue weighted by Gasteiger charge is -2.03. The van der Waals surface area contributed by atoms with Gasteiger partial charge in [-0.15, -0.1) is 0 Å². The number of nitrogens with one attached hydrogen (secondary N) is 1. The first kappa shape index (κ1) is 16.7. The maximum Gasteiger partial charge on any atom is 0.0137 e. The van der Waals surface area contributed by atoms with Crippen LogP contribution in [-0.2, 0) is 0 Å². The number of hydrogen-bond acceptors (Lipinski definition) is 1. The van der Waals surface area contributed by atoms with Gasteiger partial charge < -0.3 is 5.32 Å². The summed E-state index contributed by atoms with van der Waals surface area (Å²) in [6.45, 7) is 8.81.